The number of carbonyl (C=O) groups is 1. The number of nitrogens with zero attached hydrogens (tertiary/aromatic N) is 3. The van der Waals surface area contributed by atoms with E-state index in [9.17, 15) is 4.79 Å². The van der Waals surface area contributed by atoms with Crippen LogP contribution in [0.25, 0.3) is 0 Å². The number of para-hydroxylation sites is 2. The molecule has 2 unspecified atom stereocenters. The zero-order chi connectivity index (χ0) is 17.2. The summed E-state index contributed by atoms with van der Waals surface area (Å²) in [5.41, 5.74) is 0. The van der Waals surface area contributed by atoms with E-state index < -0.39 is 6.10 Å². The van der Waals surface area contributed by atoms with Gasteiger partial charge in [0.2, 0.25) is 6.10 Å². The monoisotopic (exact) mass is 341 g/mol. The number of aryl methyl sites for hydroxylation is 1. The second kappa shape index (κ2) is 6.78. The Morgan fingerprint density at radius 3 is 3.00 bits per heavy atom. The van der Waals surface area contributed by atoms with Gasteiger partial charge in [0.1, 0.15) is 12.4 Å². The van der Waals surface area contributed by atoms with E-state index in [4.69, 9.17) is 9.47 Å². The Labute approximate surface area is 147 Å². The Morgan fingerprint density at radius 2 is 2.16 bits per heavy atom. The number of ether oxygens (including phenoxy) is 2. The Hall–Kier alpha value is -2.50. The standard InChI is InChI=1S/C19H23N3O3/c1-2-18-20-9-11-22(18)14-6-5-10-21(12-14)19(23)17-13-24-15-7-3-4-8-16(15)25-17/h3-4,7-9,11,14,17H,2,5-6,10,12-13H2,1H3. The van der Waals surface area contributed by atoms with E-state index in [2.05, 4.69) is 16.5 Å². The molecule has 0 saturated carbocycles. The maximum absolute atomic E-state index is 12.9. The first kappa shape index (κ1) is 16.0. The van der Waals surface area contributed by atoms with Crippen molar-refractivity contribution in [3.8, 4) is 11.5 Å². The predicted molar refractivity (Wildman–Crippen MR) is 92.8 cm³/mol. The number of likely N-dealkylation sites (tertiary alicyclic amines) is 1. The molecule has 25 heavy (non-hydrogen) atoms. The van der Waals surface area contributed by atoms with Crippen molar-refractivity contribution >= 4 is 5.91 Å². The molecule has 2 aromatic rings. The highest BCUT2D eigenvalue weighted by atomic mass is 16.6. The first-order valence-electron chi connectivity index (χ1n) is 8.95. The van der Waals surface area contributed by atoms with Gasteiger partial charge in [-0.3, -0.25) is 4.79 Å². The van der Waals surface area contributed by atoms with Gasteiger partial charge in [0.15, 0.2) is 11.5 Å². The van der Waals surface area contributed by atoms with Crippen molar-refractivity contribution in [2.45, 2.75) is 38.3 Å². The zero-order valence-electron chi connectivity index (χ0n) is 14.4. The van der Waals surface area contributed by atoms with Gasteiger partial charge >= 0.3 is 0 Å². The molecule has 1 amide bonds. The van der Waals surface area contributed by atoms with Crippen LogP contribution in [0.5, 0.6) is 11.5 Å². The number of fused-ring (bicyclic) bond motifs is 1. The Kier molecular flexibility index (Phi) is 4.34. The van der Waals surface area contributed by atoms with Crippen LogP contribution in [0.2, 0.25) is 0 Å². The van der Waals surface area contributed by atoms with E-state index in [0.29, 0.717) is 18.0 Å². The summed E-state index contributed by atoms with van der Waals surface area (Å²) in [6.07, 6.45) is 6.25. The van der Waals surface area contributed by atoms with Crippen molar-refractivity contribution in [1.82, 2.24) is 14.5 Å². The van der Waals surface area contributed by atoms with Crippen molar-refractivity contribution in [1.29, 1.82) is 0 Å². The molecular weight excluding hydrogens is 318 g/mol. The summed E-state index contributed by atoms with van der Waals surface area (Å²) >= 11 is 0. The highest BCUT2D eigenvalue weighted by Crippen LogP contribution is 2.32. The molecule has 0 spiro atoms. The number of benzene rings is 1. The number of hydrogen-bond acceptors (Lipinski definition) is 4. The Morgan fingerprint density at radius 1 is 1.32 bits per heavy atom. The number of carbonyl (C=O) groups excluding carboxylic acids is 1. The van der Waals surface area contributed by atoms with Crippen molar-refractivity contribution in [3.05, 3.63) is 42.5 Å². The summed E-state index contributed by atoms with van der Waals surface area (Å²) in [7, 11) is 0. The topological polar surface area (TPSA) is 56.6 Å². The lowest BCUT2D eigenvalue weighted by molar-refractivity contribution is -0.142. The van der Waals surface area contributed by atoms with Crippen LogP contribution in [0, 0.1) is 0 Å². The second-order valence-corrected chi connectivity index (χ2v) is 6.55. The lowest BCUT2D eigenvalue weighted by Crippen LogP contribution is -2.50. The van der Waals surface area contributed by atoms with Crippen LogP contribution in [0.4, 0.5) is 0 Å². The van der Waals surface area contributed by atoms with Crippen LogP contribution in [0.1, 0.15) is 31.6 Å². The van der Waals surface area contributed by atoms with Crippen LogP contribution < -0.4 is 9.47 Å². The molecule has 2 aliphatic rings. The van der Waals surface area contributed by atoms with E-state index >= 15 is 0 Å². The first-order chi connectivity index (χ1) is 12.3. The molecule has 1 fully saturated rings. The SMILES string of the molecule is CCc1nccn1C1CCCN(C(=O)C2COc3ccccc3O2)C1. The fourth-order valence-corrected chi connectivity index (χ4v) is 3.68. The molecule has 0 radical (unpaired) electrons. The quantitative estimate of drug-likeness (QED) is 0.860. The molecule has 1 aromatic heterocycles. The summed E-state index contributed by atoms with van der Waals surface area (Å²) in [5, 5.41) is 0. The minimum absolute atomic E-state index is 0.0115. The fraction of sp³-hybridized carbons (Fsp3) is 0.474. The minimum Gasteiger partial charge on any atom is -0.485 e. The summed E-state index contributed by atoms with van der Waals surface area (Å²) in [6.45, 7) is 3.84. The number of piperidine rings is 1. The van der Waals surface area contributed by atoms with Crippen LogP contribution in [0.3, 0.4) is 0 Å². The first-order valence-corrected chi connectivity index (χ1v) is 8.95. The smallest absolute Gasteiger partial charge is 0.267 e. The summed E-state index contributed by atoms with van der Waals surface area (Å²) in [5.74, 6) is 2.43. The van der Waals surface area contributed by atoms with E-state index in [1.165, 1.54) is 0 Å². The van der Waals surface area contributed by atoms with Gasteiger partial charge in [-0.25, -0.2) is 4.98 Å². The second-order valence-electron chi connectivity index (χ2n) is 6.55. The molecular formula is C19H23N3O3. The highest BCUT2D eigenvalue weighted by molar-refractivity contribution is 5.82. The van der Waals surface area contributed by atoms with Gasteiger partial charge in [0.25, 0.3) is 5.91 Å². The van der Waals surface area contributed by atoms with Gasteiger partial charge in [-0.1, -0.05) is 19.1 Å². The molecule has 2 atom stereocenters. The predicted octanol–water partition coefficient (Wildman–Crippen LogP) is 2.45. The average molecular weight is 341 g/mol. The highest BCUT2D eigenvalue weighted by Gasteiger charge is 2.34. The van der Waals surface area contributed by atoms with Crippen molar-refractivity contribution in [2.75, 3.05) is 19.7 Å². The summed E-state index contributed by atoms with van der Waals surface area (Å²) in [6, 6.07) is 7.77. The largest absolute Gasteiger partial charge is 0.485 e. The third kappa shape index (κ3) is 3.08. The molecule has 1 saturated heterocycles. The van der Waals surface area contributed by atoms with Crippen molar-refractivity contribution < 1.29 is 14.3 Å². The molecule has 0 N–H and O–H groups in total. The maximum atomic E-state index is 12.9. The van der Waals surface area contributed by atoms with E-state index in [0.717, 1.165) is 31.6 Å². The molecule has 132 valence electrons. The number of aromatic nitrogens is 2. The van der Waals surface area contributed by atoms with Gasteiger partial charge in [-0.15, -0.1) is 0 Å². The molecule has 6 nitrogen and oxygen atoms in total. The molecule has 2 aliphatic heterocycles. The van der Waals surface area contributed by atoms with Gasteiger partial charge in [0, 0.05) is 31.9 Å². The van der Waals surface area contributed by atoms with Crippen molar-refractivity contribution in [2.24, 2.45) is 0 Å². The van der Waals surface area contributed by atoms with Crippen LogP contribution in [-0.2, 0) is 11.2 Å². The molecule has 1 aromatic carbocycles. The van der Waals surface area contributed by atoms with Gasteiger partial charge in [-0.2, -0.15) is 0 Å². The molecule has 0 aliphatic carbocycles. The van der Waals surface area contributed by atoms with Crippen LogP contribution in [0.15, 0.2) is 36.7 Å². The van der Waals surface area contributed by atoms with E-state index in [-0.39, 0.29) is 18.6 Å². The number of imidazole rings is 1. The molecule has 0 bridgehead atoms. The maximum Gasteiger partial charge on any atom is 0.267 e. The molecule has 6 heteroatoms. The lowest BCUT2D eigenvalue weighted by Gasteiger charge is -2.36. The third-order valence-corrected chi connectivity index (χ3v) is 4.95. The van der Waals surface area contributed by atoms with E-state index in [1.54, 1.807) is 0 Å². The van der Waals surface area contributed by atoms with E-state index in [1.807, 2.05) is 41.6 Å². The summed E-state index contributed by atoms with van der Waals surface area (Å²) < 4.78 is 13.8. The summed E-state index contributed by atoms with van der Waals surface area (Å²) in [4.78, 5) is 19.3. The van der Waals surface area contributed by atoms with Gasteiger partial charge in [0.05, 0.1) is 6.04 Å². The van der Waals surface area contributed by atoms with Crippen LogP contribution in [-0.4, -0.2) is 46.2 Å². The molecule has 4 rings (SSSR count). The Bertz CT molecular complexity index is 758. The third-order valence-electron chi connectivity index (χ3n) is 4.95. The zero-order valence-corrected chi connectivity index (χ0v) is 14.4. The van der Waals surface area contributed by atoms with Crippen molar-refractivity contribution in [3.63, 3.8) is 0 Å². The fourth-order valence-electron chi connectivity index (χ4n) is 3.68. The van der Waals surface area contributed by atoms with Gasteiger partial charge < -0.3 is 18.9 Å². The number of rotatable bonds is 3. The van der Waals surface area contributed by atoms with Gasteiger partial charge in [-0.05, 0) is 25.0 Å². The molecule has 3 heterocycles. The minimum atomic E-state index is -0.568. The normalized spacial score (nSPS) is 22.7. The average Bonchev–Trinajstić information content (AvgIpc) is 3.16. The number of amides is 1. The Balaban J connectivity index is 1.46. The number of hydrogen-bond donors (Lipinski definition) is 0. The lowest BCUT2D eigenvalue weighted by atomic mass is 10.0. The van der Waals surface area contributed by atoms with Crippen LogP contribution >= 0.6 is 0 Å².